The van der Waals surface area contributed by atoms with Gasteiger partial charge in [0.2, 0.25) is 5.91 Å². The van der Waals surface area contributed by atoms with Gasteiger partial charge in [-0.15, -0.1) is 0 Å². The van der Waals surface area contributed by atoms with Crippen molar-refractivity contribution in [3.05, 3.63) is 18.0 Å². The minimum Gasteiger partial charge on any atom is -0.370 e. The van der Waals surface area contributed by atoms with Crippen LogP contribution in [0.5, 0.6) is 0 Å². The van der Waals surface area contributed by atoms with Crippen LogP contribution in [0.1, 0.15) is 50.8 Å². The lowest BCUT2D eigenvalue weighted by Gasteiger charge is -2.36. The third-order valence-corrected chi connectivity index (χ3v) is 5.39. The molecule has 1 aromatic heterocycles. The Hall–Kier alpha value is -1.40. The summed E-state index contributed by atoms with van der Waals surface area (Å²) in [6.45, 7) is 3.35. The molecule has 1 amide bonds. The molecule has 0 spiro atoms. The molecule has 1 aromatic rings. The third kappa shape index (κ3) is 3.75. The molecule has 0 radical (unpaired) electrons. The second-order valence-electron chi connectivity index (χ2n) is 6.91. The van der Waals surface area contributed by atoms with Crippen molar-refractivity contribution >= 4 is 5.91 Å². The number of nitrogens with one attached hydrogen (secondary N) is 2. The average molecular weight is 320 g/mol. The van der Waals surface area contributed by atoms with Crippen molar-refractivity contribution in [2.24, 2.45) is 5.92 Å². The van der Waals surface area contributed by atoms with E-state index in [9.17, 15) is 4.79 Å². The van der Waals surface area contributed by atoms with E-state index in [4.69, 9.17) is 4.74 Å². The summed E-state index contributed by atoms with van der Waals surface area (Å²) in [5, 5.41) is 10.3. The van der Waals surface area contributed by atoms with Gasteiger partial charge in [-0.3, -0.25) is 9.89 Å². The summed E-state index contributed by atoms with van der Waals surface area (Å²) in [6, 6.07) is 2.49. The van der Waals surface area contributed by atoms with Gasteiger partial charge in [0.25, 0.3) is 0 Å². The minimum absolute atomic E-state index is 0.0378. The van der Waals surface area contributed by atoms with E-state index in [1.165, 1.54) is 19.3 Å². The topological polar surface area (TPSA) is 70.2 Å². The van der Waals surface area contributed by atoms with E-state index >= 15 is 0 Å². The molecular weight excluding hydrogens is 292 g/mol. The van der Waals surface area contributed by atoms with Crippen molar-refractivity contribution in [3.63, 3.8) is 0 Å². The number of H-pyrrole nitrogens is 1. The fourth-order valence-corrected chi connectivity index (χ4v) is 3.93. The summed E-state index contributed by atoms with van der Waals surface area (Å²) < 4.78 is 5.78. The van der Waals surface area contributed by atoms with Crippen molar-refractivity contribution in [2.75, 3.05) is 20.2 Å². The summed E-state index contributed by atoms with van der Waals surface area (Å²) in [5.41, 5.74) is 0.974. The maximum atomic E-state index is 12.5. The fraction of sp³-hybridized carbons (Fsp3) is 0.765. The smallest absolute Gasteiger partial charge is 0.236 e. The van der Waals surface area contributed by atoms with Gasteiger partial charge in [0.05, 0.1) is 12.2 Å². The van der Waals surface area contributed by atoms with Gasteiger partial charge in [-0.05, 0) is 31.2 Å². The monoisotopic (exact) mass is 320 g/mol. The van der Waals surface area contributed by atoms with E-state index in [-0.39, 0.29) is 18.1 Å². The highest BCUT2D eigenvalue weighted by molar-refractivity contribution is 5.78. The second-order valence-corrected chi connectivity index (χ2v) is 6.91. The Kier molecular flexibility index (Phi) is 5.33. The Morgan fingerprint density at radius 3 is 3.00 bits per heavy atom. The van der Waals surface area contributed by atoms with E-state index in [0.717, 1.165) is 18.5 Å². The molecule has 1 aliphatic carbocycles. The van der Waals surface area contributed by atoms with Gasteiger partial charge in [0.1, 0.15) is 6.10 Å². The van der Waals surface area contributed by atoms with Crippen LogP contribution in [0.15, 0.2) is 12.3 Å². The van der Waals surface area contributed by atoms with Crippen LogP contribution in [0, 0.1) is 5.92 Å². The maximum absolute atomic E-state index is 12.5. The molecule has 1 aliphatic heterocycles. The van der Waals surface area contributed by atoms with E-state index < -0.39 is 0 Å². The average Bonchev–Trinajstić information content (AvgIpc) is 3.23. The van der Waals surface area contributed by atoms with Crippen molar-refractivity contribution in [2.45, 2.75) is 57.2 Å². The number of aromatic amines is 1. The molecule has 23 heavy (non-hydrogen) atoms. The largest absolute Gasteiger partial charge is 0.370 e. The number of rotatable bonds is 5. The first-order chi connectivity index (χ1) is 11.2. The van der Waals surface area contributed by atoms with Crippen LogP contribution in [-0.4, -0.2) is 53.3 Å². The summed E-state index contributed by atoms with van der Waals surface area (Å²) >= 11 is 0. The summed E-state index contributed by atoms with van der Waals surface area (Å²) in [7, 11) is 1.95. The van der Waals surface area contributed by atoms with Crippen molar-refractivity contribution < 1.29 is 9.53 Å². The number of ether oxygens (including phenoxy) is 1. The highest BCUT2D eigenvalue weighted by atomic mass is 16.5. The third-order valence-electron chi connectivity index (χ3n) is 5.39. The quantitative estimate of drug-likeness (QED) is 0.869. The highest BCUT2D eigenvalue weighted by Crippen LogP contribution is 2.29. The Morgan fingerprint density at radius 2 is 2.26 bits per heavy atom. The van der Waals surface area contributed by atoms with Crippen LogP contribution in [0.4, 0.5) is 0 Å². The molecule has 1 saturated carbocycles. The second kappa shape index (κ2) is 7.45. The highest BCUT2D eigenvalue weighted by Gasteiger charge is 2.32. The van der Waals surface area contributed by atoms with Gasteiger partial charge in [-0.25, -0.2) is 0 Å². The molecule has 0 bridgehead atoms. The first-order valence-corrected chi connectivity index (χ1v) is 8.76. The number of aromatic nitrogens is 2. The Bertz CT molecular complexity index is 505. The number of amides is 1. The molecule has 128 valence electrons. The van der Waals surface area contributed by atoms with Crippen LogP contribution >= 0.6 is 0 Å². The molecule has 2 aliphatic rings. The van der Waals surface area contributed by atoms with E-state index in [0.29, 0.717) is 25.1 Å². The number of hydrogen-bond donors (Lipinski definition) is 2. The molecule has 2 heterocycles. The molecular formula is C17H28N4O2. The van der Waals surface area contributed by atoms with Crippen molar-refractivity contribution in [1.82, 2.24) is 20.4 Å². The summed E-state index contributed by atoms with van der Waals surface area (Å²) in [5.74, 6) is 0.782. The van der Waals surface area contributed by atoms with Gasteiger partial charge in [0.15, 0.2) is 0 Å². The van der Waals surface area contributed by atoms with Crippen LogP contribution in [0.3, 0.4) is 0 Å². The lowest BCUT2D eigenvalue weighted by Crippen LogP contribution is -2.47. The first kappa shape index (κ1) is 16.5. The predicted molar refractivity (Wildman–Crippen MR) is 87.9 cm³/mol. The zero-order valence-electron chi connectivity index (χ0n) is 14.1. The molecule has 0 aromatic carbocycles. The molecule has 6 heteroatoms. The van der Waals surface area contributed by atoms with Crippen LogP contribution in [0.2, 0.25) is 0 Å². The van der Waals surface area contributed by atoms with Crippen LogP contribution in [0.25, 0.3) is 0 Å². The van der Waals surface area contributed by atoms with Gasteiger partial charge in [0, 0.05) is 31.9 Å². The number of likely N-dealkylation sites (N-methyl/N-ethyl adjacent to an activating group) is 1. The minimum atomic E-state index is -0.0378. The van der Waals surface area contributed by atoms with Gasteiger partial charge in [-0.2, -0.15) is 5.10 Å². The Morgan fingerprint density at radius 1 is 1.43 bits per heavy atom. The molecule has 3 rings (SSSR count). The molecule has 6 nitrogen and oxygen atoms in total. The molecule has 1 saturated heterocycles. The van der Waals surface area contributed by atoms with E-state index in [1.807, 2.05) is 18.0 Å². The van der Waals surface area contributed by atoms with E-state index in [2.05, 4.69) is 22.4 Å². The zero-order chi connectivity index (χ0) is 16.2. The number of carbonyl (C=O) groups is 1. The normalized spacial score (nSPS) is 31.2. The maximum Gasteiger partial charge on any atom is 0.236 e. The number of hydrogen-bond acceptors (Lipinski definition) is 4. The van der Waals surface area contributed by atoms with Crippen LogP contribution < -0.4 is 5.32 Å². The molecule has 2 fully saturated rings. The first-order valence-electron chi connectivity index (χ1n) is 8.76. The number of carbonyl (C=O) groups excluding carboxylic acids is 1. The zero-order valence-corrected chi connectivity index (χ0v) is 14.1. The van der Waals surface area contributed by atoms with Crippen molar-refractivity contribution in [3.8, 4) is 0 Å². The lowest BCUT2D eigenvalue weighted by atomic mass is 9.85. The molecule has 4 atom stereocenters. The van der Waals surface area contributed by atoms with Gasteiger partial charge >= 0.3 is 0 Å². The summed E-state index contributed by atoms with van der Waals surface area (Å²) in [6.07, 6.45) is 7.50. The fourth-order valence-electron chi connectivity index (χ4n) is 3.93. The van der Waals surface area contributed by atoms with E-state index in [1.54, 1.807) is 6.20 Å². The van der Waals surface area contributed by atoms with Gasteiger partial charge < -0.3 is 15.0 Å². The molecule has 2 unspecified atom stereocenters. The Balaban J connectivity index is 1.52. The predicted octanol–water partition coefficient (Wildman–Crippen LogP) is 1.87. The summed E-state index contributed by atoms with van der Waals surface area (Å²) in [4.78, 5) is 14.5. The van der Waals surface area contributed by atoms with Gasteiger partial charge in [-0.1, -0.05) is 19.8 Å². The SMILES string of the molecule is CC1CCCCC1N(C)C(=O)CN[C@@H]1CCO[C@H]1c1ccn[nH]1. The standard InChI is InChI=1S/C17H28N4O2/c1-12-5-3-4-6-15(12)21(2)16(22)11-18-13-8-10-23-17(13)14-7-9-19-20-14/h7,9,12-13,15,17-18H,3-6,8,10-11H2,1-2H3,(H,19,20)/t12?,13-,15?,17-/m1/s1. The Labute approximate surface area is 138 Å². The molecule has 2 N–H and O–H groups in total. The number of nitrogens with zero attached hydrogens (tertiary/aromatic N) is 2. The van der Waals surface area contributed by atoms with Crippen LogP contribution in [-0.2, 0) is 9.53 Å². The lowest BCUT2D eigenvalue weighted by molar-refractivity contribution is -0.132. The van der Waals surface area contributed by atoms with Crippen molar-refractivity contribution in [1.29, 1.82) is 0 Å².